The number of ether oxygens (including phenoxy) is 1. The lowest BCUT2D eigenvalue weighted by atomic mass is 10.2. The Morgan fingerprint density at radius 2 is 1.84 bits per heavy atom. The van der Waals surface area contributed by atoms with E-state index < -0.39 is 0 Å². The van der Waals surface area contributed by atoms with E-state index in [0.717, 1.165) is 17.7 Å². The van der Waals surface area contributed by atoms with E-state index in [1.807, 2.05) is 78.2 Å². The lowest BCUT2D eigenvalue weighted by Crippen LogP contribution is -2.15. The number of nitrogens with zero attached hydrogens (tertiary/aromatic N) is 4. The van der Waals surface area contributed by atoms with Crippen molar-refractivity contribution >= 4 is 23.4 Å². The van der Waals surface area contributed by atoms with Crippen molar-refractivity contribution in [2.75, 3.05) is 17.7 Å². The Labute approximate surface area is 190 Å². The zero-order valence-electron chi connectivity index (χ0n) is 17.6. The topological polar surface area (TPSA) is 81.9 Å². The maximum Gasteiger partial charge on any atom is 0.234 e. The molecule has 0 aliphatic rings. The van der Waals surface area contributed by atoms with Crippen LogP contribution in [0.2, 0.25) is 0 Å². The molecule has 0 saturated carbocycles. The maximum absolute atomic E-state index is 12.7. The molecular weight excluding hydrogens is 422 g/mol. The second-order valence-corrected chi connectivity index (χ2v) is 7.84. The molecule has 8 heteroatoms. The van der Waals surface area contributed by atoms with Crippen molar-refractivity contribution in [1.82, 2.24) is 19.7 Å². The normalized spacial score (nSPS) is 10.7. The number of nitrogens with one attached hydrogen (secondary N) is 1. The molecule has 0 unspecified atom stereocenters. The van der Waals surface area contributed by atoms with Gasteiger partial charge in [0.15, 0.2) is 11.0 Å². The summed E-state index contributed by atoms with van der Waals surface area (Å²) in [5, 5.41) is 12.3. The van der Waals surface area contributed by atoms with Crippen molar-refractivity contribution < 1.29 is 9.53 Å². The Morgan fingerprint density at radius 1 is 1.03 bits per heavy atom. The predicted molar refractivity (Wildman–Crippen MR) is 126 cm³/mol. The molecule has 4 rings (SSSR count). The first-order valence-corrected chi connectivity index (χ1v) is 11.3. The molecule has 0 bridgehead atoms. The van der Waals surface area contributed by atoms with E-state index in [-0.39, 0.29) is 11.7 Å². The first kappa shape index (κ1) is 21.6. The molecule has 1 N–H and O–H groups in total. The Bertz CT molecular complexity index is 1170. The molecule has 7 nitrogen and oxygen atoms in total. The fraction of sp³-hybridized carbons (Fsp3) is 0.167. The van der Waals surface area contributed by atoms with Crippen molar-refractivity contribution in [3.63, 3.8) is 0 Å². The number of rotatable bonds is 9. The van der Waals surface area contributed by atoms with Gasteiger partial charge in [-0.25, -0.2) is 0 Å². The second-order valence-electron chi connectivity index (χ2n) is 6.90. The minimum atomic E-state index is -0.145. The quantitative estimate of drug-likeness (QED) is 0.371. The van der Waals surface area contributed by atoms with Crippen LogP contribution in [0.4, 0.5) is 5.69 Å². The molecule has 32 heavy (non-hydrogen) atoms. The average Bonchev–Trinajstić information content (AvgIpc) is 3.27. The summed E-state index contributed by atoms with van der Waals surface area (Å²) in [6.07, 6.45) is 4.36. The predicted octanol–water partition coefficient (Wildman–Crippen LogP) is 4.85. The van der Waals surface area contributed by atoms with Crippen molar-refractivity contribution in [2.24, 2.45) is 0 Å². The van der Waals surface area contributed by atoms with Crippen LogP contribution in [0.25, 0.3) is 17.1 Å². The number of anilines is 1. The summed E-state index contributed by atoms with van der Waals surface area (Å²) >= 11 is 1.32. The van der Waals surface area contributed by atoms with Crippen LogP contribution in [0.1, 0.15) is 13.3 Å². The van der Waals surface area contributed by atoms with Crippen LogP contribution < -0.4 is 10.1 Å². The number of benzene rings is 2. The van der Waals surface area contributed by atoms with Gasteiger partial charge in [0.1, 0.15) is 5.75 Å². The number of amides is 1. The van der Waals surface area contributed by atoms with E-state index in [1.165, 1.54) is 11.8 Å². The SMILES string of the molecule is CCCOc1ccccc1NC(=O)CSc1nnc(-c2cccnc2)n1-c1ccccc1. The van der Waals surface area contributed by atoms with Crippen LogP contribution in [0.3, 0.4) is 0 Å². The highest BCUT2D eigenvalue weighted by molar-refractivity contribution is 7.99. The van der Waals surface area contributed by atoms with Gasteiger partial charge in [0.05, 0.1) is 18.0 Å². The molecule has 162 valence electrons. The number of hydrogen-bond donors (Lipinski definition) is 1. The number of hydrogen-bond acceptors (Lipinski definition) is 6. The van der Waals surface area contributed by atoms with E-state index >= 15 is 0 Å². The van der Waals surface area contributed by atoms with Crippen molar-refractivity contribution in [1.29, 1.82) is 0 Å². The van der Waals surface area contributed by atoms with E-state index in [9.17, 15) is 4.79 Å². The molecule has 0 fully saturated rings. The van der Waals surface area contributed by atoms with Gasteiger partial charge in [-0.05, 0) is 42.8 Å². The summed E-state index contributed by atoms with van der Waals surface area (Å²) in [5.74, 6) is 1.37. The first-order chi connectivity index (χ1) is 15.8. The summed E-state index contributed by atoms with van der Waals surface area (Å²) in [4.78, 5) is 16.9. The van der Waals surface area contributed by atoms with E-state index in [1.54, 1.807) is 12.4 Å². The molecule has 0 aliphatic heterocycles. The molecule has 0 saturated heterocycles. The summed E-state index contributed by atoms with van der Waals surface area (Å²) in [6, 6.07) is 21.1. The fourth-order valence-corrected chi connectivity index (χ4v) is 3.83. The lowest BCUT2D eigenvalue weighted by molar-refractivity contribution is -0.113. The molecule has 2 heterocycles. The van der Waals surface area contributed by atoms with E-state index in [2.05, 4.69) is 20.5 Å². The lowest BCUT2D eigenvalue weighted by Gasteiger charge is -2.12. The summed E-state index contributed by atoms with van der Waals surface area (Å²) in [7, 11) is 0. The highest BCUT2D eigenvalue weighted by Gasteiger charge is 2.17. The van der Waals surface area contributed by atoms with Gasteiger partial charge in [-0.15, -0.1) is 10.2 Å². The largest absolute Gasteiger partial charge is 0.491 e. The summed E-state index contributed by atoms with van der Waals surface area (Å²) in [5.41, 5.74) is 2.42. The highest BCUT2D eigenvalue weighted by Crippen LogP contribution is 2.28. The monoisotopic (exact) mass is 445 g/mol. The molecule has 1 amide bonds. The van der Waals surface area contributed by atoms with Gasteiger partial charge < -0.3 is 10.1 Å². The third-order valence-electron chi connectivity index (χ3n) is 4.52. The van der Waals surface area contributed by atoms with Gasteiger partial charge in [-0.1, -0.05) is 49.0 Å². The van der Waals surface area contributed by atoms with Gasteiger partial charge in [-0.3, -0.25) is 14.3 Å². The van der Waals surface area contributed by atoms with Crippen LogP contribution >= 0.6 is 11.8 Å². The van der Waals surface area contributed by atoms with Crippen LogP contribution in [0, 0.1) is 0 Å². The number of para-hydroxylation sites is 3. The highest BCUT2D eigenvalue weighted by atomic mass is 32.2. The Kier molecular flexibility index (Phi) is 7.14. The number of carbonyl (C=O) groups is 1. The molecule has 0 spiro atoms. The maximum atomic E-state index is 12.7. The van der Waals surface area contributed by atoms with Crippen LogP contribution in [-0.4, -0.2) is 38.0 Å². The Morgan fingerprint density at radius 3 is 2.62 bits per heavy atom. The molecule has 2 aromatic carbocycles. The first-order valence-electron chi connectivity index (χ1n) is 10.3. The van der Waals surface area contributed by atoms with Gasteiger partial charge >= 0.3 is 0 Å². The van der Waals surface area contributed by atoms with Crippen LogP contribution in [0.15, 0.2) is 84.3 Å². The van der Waals surface area contributed by atoms with E-state index in [4.69, 9.17) is 4.74 Å². The number of carbonyl (C=O) groups excluding carboxylic acids is 1. The van der Waals surface area contributed by atoms with Crippen molar-refractivity contribution in [2.45, 2.75) is 18.5 Å². The zero-order chi connectivity index (χ0) is 22.2. The standard InChI is InChI=1S/C24H23N5O2S/c1-2-15-31-21-13-7-6-12-20(21)26-22(30)17-32-24-28-27-23(18-9-8-14-25-16-18)29(24)19-10-4-3-5-11-19/h3-14,16H,2,15,17H2,1H3,(H,26,30). The molecular formula is C24H23N5O2S. The second kappa shape index (κ2) is 10.6. The van der Waals surface area contributed by atoms with Gasteiger partial charge in [0.25, 0.3) is 0 Å². The molecule has 2 aromatic heterocycles. The fourth-order valence-electron chi connectivity index (χ4n) is 3.08. The molecule has 0 atom stereocenters. The number of pyridine rings is 1. The molecule has 4 aromatic rings. The van der Waals surface area contributed by atoms with Gasteiger partial charge in [-0.2, -0.15) is 0 Å². The van der Waals surface area contributed by atoms with Crippen molar-refractivity contribution in [3.8, 4) is 22.8 Å². The van der Waals surface area contributed by atoms with Crippen LogP contribution in [-0.2, 0) is 4.79 Å². The Balaban J connectivity index is 1.53. The third kappa shape index (κ3) is 5.15. The minimum absolute atomic E-state index is 0.145. The Hall–Kier alpha value is -3.65. The third-order valence-corrected chi connectivity index (χ3v) is 5.45. The van der Waals surface area contributed by atoms with E-state index in [0.29, 0.717) is 29.0 Å². The smallest absolute Gasteiger partial charge is 0.234 e. The molecule has 0 aliphatic carbocycles. The average molecular weight is 446 g/mol. The number of aromatic nitrogens is 4. The van der Waals surface area contributed by atoms with Crippen LogP contribution in [0.5, 0.6) is 5.75 Å². The minimum Gasteiger partial charge on any atom is -0.491 e. The summed E-state index contributed by atoms with van der Waals surface area (Å²) < 4.78 is 7.66. The zero-order valence-corrected chi connectivity index (χ0v) is 18.5. The number of thioether (sulfide) groups is 1. The van der Waals surface area contributed by atoms with Crippen molar-refractivity contribution in [3.05, 3.63) is 79.1 Å². The summed E-state index contributed by atoms with van der Waals surface area (Å²) in [6.45, 7) is 2.64. The van der Waals surface area contributed by atoms with Gasteiger partial charge in [0.2, 0.25) is 5.91 Å². The van der Waals surface area contributed by atoms with Gasteiger partial charge in [0, 0.05) is 23.6 Å². The molecule has 0 radical (unpaired) electrons.